The Bertz CT molecular complexity index is 1280. The third kappa shape index (κ3) is 4.87. The van der Waals surface area contributed by atoms with Gasteiger partial charge < -0.3 is 25.0 Å². The summed E-state index contributed by atoms with van der Waals surface area (Å²) in [7, 11) is 1.28. The Morgan fingerprint density at radius 2 is 2.03 bits per heavy atom. The third-order valence-electron chi connectivity index (χ3n) is 6.54. The first-order chi connectivity index (χ1) is 17.3. The average Bonchev–Trinajstić information content (AvgIpc) is 3.31. The highest BCUT2D eigenvalue weighted by atomic mass is 19.2. The molecule has 0 bridgehead atoms. The average molecular weight is 500 g/mol. The molecule has 2 aromatic carbocycles. The van der Waals surface area contributed by atoms with Crippen molar-refractivity contribution in [3.05, 3.63) is 76.5 Å². The number of methoxy groups -OCH3 is 1. The number of alkyl carbamates (subject to hydrolysis) is 1. The number of aromatic nitrogens is 1. The quantitative estimate of drug-likeness (QED) is 0.425. The van der Waals surface area contributed by atoms with E-state index in [1.54, 1.807) is 12.1 Å². The standard InChI is InChI=1S/C26H27F2N3O5/c1-15(32)22-23(19-14-29-12-10-26(19,34)17-7-8-20(27)21(28)13-17)31-36-24(22)18-6-4-3-5-16(18)9-11-30-25(33)35-2/h3-8,13,19,29,34H,9-12,14H2,1-2H3,(H,30,33). The number of amides is 1. The Morgan fingerprint density at radius 1 is 1.25 bits per heavy atom. The minimum absolute atomic E-state index is 0.193. The number of Topliss-reactive ketones (excluding diaryl/α,β-unsaturated/α-hetero) is 1. The summed E-state index contributed by atoms with van der Waals surface area (Å²) in [4.78, 5) is 24.3. The van der Waals surface area contributed by atoms with Gasteiger partial charge in [0, 0.05) is 18.7 Å². The normalized spacial score (nSPS) is 19.6. The van der Waals surface area contributed by atoms with Crippen LogP contribution in [0.5, 0.6) is 0 Å². The molecule has 1 amide bonds. The molecule has 1 fully saturated rings. The molecule has 10 heteroatoms. The van der Waals surface area contributed by atoms with E-state index in [2.05, 4.69) is 20.5 Å². The van der Waals surface area contributed by atoms with Gasteiger partial charge in [-0.15, -0.1) is 0 Å². The topological polar surface area (TPSA) is 114 Å². The molecule has 0 radical (unpaired) electrons. The van der Waals surface area contributed by atoms with Crippen LogP contribution in [0.2, 0.25) is 0 Å². The van der Waals surface area contributed by atoms with Gasteiger partial charge in [-0.2, -0.15) is 0 Å². The molecule has 36 heavy (non-hydrogen) atoms. The minimum Gasteiger partial charge on any atom is -0.453 e. The number of ether oxygens (including phenoxy) is 1. The van der Waals surface area contributed by atoms with Crippen LogP contribution in [-0.4, -0.2) is 48.9 Å². The van der Waals surface area contributed by atoms with E-state index in [1.807, 2.05) is 12.1 Å². The molecule has 1 aromatic heterocycles. The van der Waals surface area contributed by atoms with E-state index < -0.39 is 29.2 Å². The molecule has 1 aliphatic heterocycles. The van der Waals surface area contributed by atoms with Crippen molar-refractivity contribution in [2.24, 2.45) is 0 Å². The van der Waals surface area contributed by atoms with E-state index >= 15 is 0 Å². The number of ketones is 1. The summed E-state index contributed by atoms with van der Waals surface area (Å²) in [5, 5.41) is 21.7. The van der Waals surface area contributed by atoms with Crippen molar-refractivity contribution in [1.29, 1.82) is 0 Å². The highest BCUT2D eigenvalue weighted by Crippen LogP contribution is 2.44. The zero-order valence-corrected chi connectivity index (χ0v) is 19.9. The number of nitrogens with zero attached hydrogens (tertiary/aromatic N) is 1. The molecule has 1 saturated heterocycles. The zero-order valence-electron chi connectivity index (χ0n) is 19.9. The van der Waals surface area contributed by atoms with Crippen LogP contribution < -0.4 is 10.6 Å². The number of hydrogen-bond donors (Lipinski definition) is 3. The monoisotopic (exact) mass is 499 g/mol. The molecule has 4 rings (SSSR count). The number of nitrogens with one attached hydrogen (secondary N) is 2. The van der Waals surface area contributed by atoms with Crippen LogP contribution >= 0.6 is 0 Å². The summed E-state index contributed by atoms with van der Waals surface area (Å²) in [6.45, 7) is 2.35. The summed E-state index contributed by atoms with van der Waals surface area (Å²) in [6.07, 6.45) is 0.0701. The first-order valence-corrected chi connectivity index (χ1v) is 11.6. The molecular formula is C26H27F2N3O5. The molecule has 0 saturated carbocycles. The highest BCUT2D eigenvalue weighted by Gasteiger charge is 2.45. The number of benzene rings is 2. The van der Waals surface area contributed by atoms with Gasteiger partial charge in [0.15, 0.2) is 23.2 Å². The first-order valence-electron chi connectivity index (χ1n) is 11.6. The lowest BCUT2D eigenvalue weighted by Crippen LogP contribution is -2.47. The lowest BCUT2D eigenvalue weighted by atomic mass is 9.73. The molecule has 1 aliphatic rings. The number of halogens is 2. The van der Waals surface area contributed by atoms with Crippen LogP contribution in [0.1, 0.15) is 46.4 Å². The van der Waals surface area contributed by atoms with Crippen molar-refractivity contribution in [3.63, 3.8) is 0 Å². The van der Waals surface area contributed by atoms with Gasteiger partial charge in [0.2, 0.25) is 0 Å². The lowest BCUT2D eigenvalue weighted by molar-refractivity contribution is -0.0178. The maximum atomic E-state index is 14.1. The van der Waals surface area contributed by atoms with E-state index in [9.17, 15) is 23.5 Å². The fourth-order valence-corrected chi connectivity index (χ4v) is 4.70. The lowest BCUT2D eigenvalue weighted by Gasteiger charge is -2.40. The molecule has 2 atom stereocenters. The van der Waals surface area contributed by atoms with Gasteiger partial charge in [0.05, 0.1) is 18.6 Å². The Morgan fingerprint density at radius 3 is 2.75 bits per heavy atom. The van der Waals surface area contributed by atoms with Crippen LogP contribution in [0.25, 0.3) is 11.3 Å². The fraction of sp³-hybridized carbons (Fsp3) is 0.346. The molecule has 2 unspecified atom stereocenters. The summed E-state index contributed by atoms with van der Waals surface area (Å²) >= 11 is 0. The van der Waals surface area contributed by atoms with Crippen molar-refractivity contribution in [1.82, 2.24) is 15.8 Å². The van der Waals surface area contributed by atoms with Gasteiger partial charge in [0.1, 0.15) is 11.3 Å². The molecule has 190 valence electrons. The van der Waals surface area contributed by atoms with Gasteiger partial charge in [-0.25, -0.2) is 13.6 Å². The Hall–Kier alpha value is -3.63. The van der Waals surface area contributed by atoms with Gasteiger partial charge in [-0.3, -0.25) is 4.79 Å². The second-order valence-corrected chi connectivity index (χ2v) is 8.71. The number of carbonyl (C=O) groups excluding carboxylic acids is 2. The van der Waals surface area contributed by atoms with E-state index in [0.717, 1.165) is 17.7 Å². The van der Waals surface area contributed by atoms with Crippen molar-refractivity contribution in [2.75, 3.05) is 26.7 Å². The molecule has 8 nitrogen and oxygen atoms in total. The van der Waals surface area contributed by atoms with Crippen molar-refractivity contribution in [3.8, 4) is 11.3 Å². The van der Waals surface area contributed by atoms with Crippen molar-refractivity contribution in [2.45, 2.75) is 31.3 Å². The smallest absolute Gasteiger partial charge is 0.406 e. The summed E-state index contributed by atoms with van der Waals surface area (Å²) in [5.41, 5.74) is 0.450. The van der Waals surface area contributed by atoms with Crippen LogP contribution in [-0.2, 0) is 16.8 Å². The summed E-state index contributed by atoms with van der Waals surface area (Å²) < 4.78 is 38.0. The van der Waals surface area contributed by atoms with Gasteiger partial charge in [-0.05, 0) is 49.6 Å². The van der Waals surface area contributed by atoms with E-state index in [4.69, 9.17) is 4.52 Å². The second kappa shape index (κ2) is 10.5. The second-order valence-electron chi connectivity index (χ2n) is 8.71. The molecule has 2 heterocycles. The Labute approximate surface area is 206 Å². The number of rotatable bonds is 7. The van der Waals surface area contributed by atoms with Gasteiger partial charge >= 0.3 is 6.09 Å². The first kappa shape index (κ1) is 25.5. The van der Waals surface area contributed by atoms with Gasteiger partial charge in [0.25, 0.3) is 0 Å². The summed E-state index contributed by atoms with van der Waals surface area (Å²) in [5.74, 6) is -2.92. The SMILES string of the molecule is COC(=O)NCCc1ccccc1-c1onc(C2CNCCC2(O)c2ccc(F)c(F)c2)c1C(C)=O. The molecule has 0 aliphatic carbocycles. The number of piperidine rings is 1. The number of aliphatic hydroxyl groups is 1. The largest absolute Gasteiger partial charge is 0.453 e. The predicted octanol–water partition coefficient (Wildman–Crippen LogP) is 3.69. The maximum absolute atomic E-state index is 14.1. The molecular weight excluding hydrogens is 472 g/mol. The van der Waals surface area contributed by atoms with Crippen LogP contribution in [0.4, 0.5) is 13.6 Å². The van der Waals surface area contributed by atoms with Crippen molar-refractivity contribution < 1.29 is 32.7 Å². The van der Waals surface area contributed by atoms with Crippen LogP contribution in [0.15, 0.2) is 47.0 Å². The molecule has 0 spiro atoms. The third-order valence-corrected chi connectivity index (χ3v) is 6.54. The zero-order chi connectivity index (χ0) is 25.9. The predicted molar refractivity (Wildman–Crippen MR) is 127 cm³/mol. The highest BCUT2D eigenvalue weighted by molar-refractivity contribution is 6.01. The van der Waals surface area contributed by atoms with Crippen molar-refractivity contribution >= 4 is 11.9 Å². The number of carbonyl (C=O) groups is 2. The van der Waals surface area contributed by atoms with Crippen LogP contribution in [0.3, 0.4) is 0 Å². The summed E-state index contributed by atoms with van der Waals surface area (Å²) in [6, 6.07) is 10.5. The van der Waals surface area contributed by atoms with Gasteiger partial charge in [-0.1, -0.05) is 35.5 Å². The van der Waals surface area contributed by atoms with E-state index in [0.29, 0.717) is 25.1 Å². The molecule has 3 aromatic rings. The Balaban J connectivity index is 1.75. The van der Waals surface area contributed by atoms with E-state index in [-0.39, 0.29) is 41.3 Å². The minimum atomic E-state index is -1.61. The fourth-order valence-electron chi connectivity index (χ4n) is 4.70. The molecule has 3 N–H and O–H groups in total. The van der Waals surface area contributed by atoms with E-state index in [1.165, 1.54) is 20.1 Å². The Kier molecular flexibility index (Phi) is 7.46. The maximum Gasteiger partial charge on any atom is 0.406 e. The number of hydrogen-bond acceptors (Lipinski definition) is 7. The van der Waals surface area contributed by atoms with Crippen LogP contribution in [0, 0.1) is 11.6 Å².